The van der Waals surface area contributed by atoms with Crippen LogP contribution in [0.2, 0.25) is 0 Å². The standard InChI is InChI=1S/C24H19N3O4/c28-23(14-17-12-15-4-1-2-5-19(15)26-24(17)29)27-22-7-3-6-18(25-22)16-8-9-20-21(13-16)31-11-10-30-20/h1-9,12-13H,10-11,14H2,(H,26,29)(H,25,27,28). The quantitative estimate of drug-likeness (QED) is 0.534. The summed E-state index contributed by atoms with van der Waals surface area (Å²) in [5.74, 6) is 1.48. The van der Waals surface area contributed by atoms with Crippen molar-refractivity contribution in [3.63, 3.8) is 0 Å². The molecule has 0 unspecified atom stereocenters. The summed E-state index contributed by atoms with van der Waals surface area (Å²) >= 11 is 0. The molecule has 154 valence electrons. The average Bonchev–Trinajstić information content (AvgIpc) is 2.79. The molecule has 5 rings (SSSR count). The number of carbonyl (C=O) groups excluding carboxylic acids is 1. The predicted octanol–water partition coefficient (Wildman–Crippen LogP) is 3.54. The molecule has 7 heteroatoms. The minimum atomic E-state index is -0.312. The first kappa shape index (κ1) is 18.9. The van der Waals surface area contributed by atoms with Gasteiger partial charge < -0.3 is 19.8 Å². The van der Waals surface area contributed by atoms with Gasteiger partial charge in [-0.15, -0.1) is 0 Å². The van der Waals surface area contributed by atoms with E-state index in [2.05, 4.69) is 15.3 Å². The van der Waals surface area contributed by atoms with Gasteiger partial charge in [0.05, 0.1) is 12.1 Å². The average molecular weight is 413 g/mol. The number of pyridine rings is 2. The van der Waals surface area contributed by atoms with Gasteiger partial charge in [-0.3, -0.25) is 9.59 Å². The first-order valence-corrected chi connectivity index (χ1v) is 9.93. The highest BCUT2D eigenvalue weighted by Gasteiger charge is 2.14. The van der Waals surface area contributed by atoms with Gasteiger partial charge >= 0.3 is 0 Å². The van der Waals surface area contributed by atoms with E-state index in [0.717, 1.165) is 16.5 Å². The van der Waals surface area contributed by atoms with Gasteiger partial charge in [0, 0.05) is 16.6 Å². The molecule has 0 aliphatic carbocycles. The van der Waals surface area contributed by atoms with Crippen LogP contribution in [0.4, 0.5) is 5.82 Å². The lowest BCUT2D eigenvalue weighted by atomic mass is 10.1. The van der Waals surface area contributed by atoms with E-state index in [9.17, 15) is 9.59 Å². The van der Waals surface area contributed by atoms with Crippen molar-refractivity contribution in [1.29, 1.82) is 0 Å². The normalized spacial score (nSPS) is 12.5. The second kappa shape index (κ2) is 7.95. The van der Waals surface area contributed by atoms with Gasteiger partial charge in [-0.25, -0.2) is 4.98 Å². The van der Waals surface area contributed by atoms with E-state index in [1.165, 1.54) is 0 Å². The highest BCUT2D eigenvalue weighted by atomic mass is 16.6. The molecule has 0 radical (unpaired) electrons. The molecule has 2 N–H and O–H groups in total. The third-order valence-electron chi connectivity index (χ3n) is 5.04. The zero-order valence-electron chi connectivity index (χ0n) is 16.6. The number of rotatable bonds is 4. The predicted molar refractivity (Wildman–Crippen MR) is 118 cm³/mol. The van der Waals surface area contributed by atoms with E-state index in [1.807, 2.05) is 54.6 Å². The van der Waals surface area contributed by atoms with Crippen molar-refractivity contribution < 1.29 is 14.3 Å². The third-order valence-corrected chi connectivity index (χ3v) is 5.04. The van der Waals surface area contributed by atoms with Crippen molar-refractivity contribution >= 4 is 22.6 Å². The molecule has 0 saturated carbocycles. The molecule has 0 fully saturated rings. The van der Waals surface area contributed by atoms with Crippen LogP contribution in [-0.2, 0) is 11.2 Å². The highest BCUT2D eigenvalue weighted by molar-refractivity contribution is 5.92. The molecule has 0 atom stereocenters. The van der Waals surface area contributed by atoms with Crippen molar-refractivity contribution in [1.82, 2.24) is 9.97 Å². The van der Waals surface area contributed by atoms with Crippen LogP contribution < -0.4 is 20.3 Å². The van der Waals surface area contributed by atoms with E-state index in [0.29, 0.717) is 41.8 Å². The fourth-order valence-electron chi connectivity index (χ4n) is 3.55. The molecule has 0 saturated heterocycles. The zero-order valence-corrected chi connectivity index (χ0v) is 16.6. The minimum absolute atomic E-state index is 0.0455. The Morgan fingerprint density at radius 2 is 1.81 bits per heavy atom. The molecular weight excluding hydrogens is 394 g/mol. The SMILES string of the molecule is O=C(Cc1cc2ccccc2[nH]c1=O)Nc1cccc(-c2ccc3c(c2)OCCO3)n1. The largest absolute Gasteiger partial charge is 0.486 e. The Bertz CT molecular complexity index is 1350. The number of para-hydroxylation sites is 1. The Morgan fingerprint density at radius 1 is 0.968 bits per heavy atom. The molecule has 1 aliphatic heterocycles. The minimum Gasteiger partial charge on any atom is -0.486 e. The number of carbonyl (C=O) groups is 1. The maximum Gasteiger partial charge on any atom is 0.252 e. The molecular formula is C24H19N3O4. The third kappa shape index (κ3) is 3.98. The number of ether oxygens (including phenoxy) is 2. The van der Waals surface area contributed by atoms with Crippen molar-refractivity contribution in [2.45, 2.75) is 6.42 Å². The molecule has 2 aromatic heterocycles. The van der Waals surface area contributed by atoms with Crippen LogP contribution in [0.3, 0.4) is 0 Å². The van der Waals surface area contributed by atoms with Crippen LogP contribution in [0.25, 0.3) is 22.2 Å². The maximum atomic E-state index is 12.6. The molecule has 3 heterocycles. The van der Waals surface area contributed by atoms with Gasteiger partial charge in [-0.05, 0) is 47.9 Å². The number of anilines is 1. The smallest absolute Gasteiger partial charge is 0.252 e. The Balaban J connectivity index is 1.34. The number of aromatic amines is 1. The molecule has 1 aliphatic rings. The summed E-state index contributed by atoms with van der Waals surface area (Å²) in [6.07, 6.45) is -0.0455. The van der Waals surface area contributed by atoms with Crippen LogP contribution >= 0.6 is 0 Å². The second-order valence-electron chi connectivity index (χ2n) is 7.20. The first-order chi connectivity index (χ1) is 15.2. The van der Waals surface area contributed by atoms with Gasteiger partial charge in [0.2, 0.25) is 5.91 Å². The lowest BCUT2D eigenvalue weighted by molar-refractivity contribution is -0.115. The van der Waals surface area contributed by atoms with Gasteiger partial charge in [0.15, 0.2) is 11.5 Å². The van der Waals surface area contributed by atoms with Crippen molar-refractivity contribution in [2.75, 3.05) is 18.5 Å². The summed E-state index contributed by atoms with van der Waals surface area (Å²) in [6.45, 7) is 1.04. The van der Waals surface area contributed by atoms with Crippen LogP contribution in [-0.4, -0.2) is 29.1 Å². The van der Waals surface area contributed by atoms with Crippen LogP contribution in [0.15, 0.2) is 71.5 Å². The van der Waals surface area contributed by atoms with Gasteiger partial charge in [-0.1, -0.05) is 24.3 Å². The topological polar surface area (TPSA) is 93.3 Å². The Labute approximate surface area is 177 Å². The van der Waals surface area contributed by atoms with E-state index in [-0.39, 0.29) is 17.9 Å². The molecule has 4 aromatic rings. The van der Waals surface area contributed by atoms with Gasteiger partial charge in [0.1, 0.15) is 19.0 Å². The number of nitrogens with one attached hydrogen (secondary N) is 2. The summed E-state index contributed by atoms with van der Waals surface area (Å²) in [5, 5.41) is 3.66. The number of hydrogen-bond acceptors (Lipinski definition) is 5. The Kier molecular flexibility index (Phi) is 4.84. The second-order valence-corrected chi connectivity index (χ2v) is 7.20. The summed E-state index contributed by atoms with van der Waals surface area (Å²) < 4.78 is 11.2. The van der Waals surface area contributed by atoms with E-state index < -0.39 is 0 Å². The molecule has 31 heavy (non-hydrogen) atoms. The number of aromatic nitrogens is 2. The number of amides is 1. The summed E-state index contributed by atoms with van der Waals surface area (Å²) in [5.41, 5.74) is 2.42. The molecule has 2 aromatic carbocycles. The monoisotopic (exact) mass is 413 g/mol. The molecule has 7 nitrogen and oxygen atoms in total. The zero-order chi connectivity index (χ0) is 21.2. The van der Waals surface area contributed by atoms with E-state index in [1.54, 1.807) is 12.1 Å². The van der Waals surface area contributed by atoms with Crippen LogP contribution in [0.5, 0.6) is 11.5 Å². The summed E-state index contributed by atoms with van der Waals surface area (Å²) in [7, 11) is 0. The van der Waals surface area contributed by atoms with Crippen molar-refractivity contribution in [3.05, 3.63) is 82.6 Å². The number of fused-ring (bicyclic) bond motifs is 2. The lowest BCUT2D eigenvalue weighted by Crippen LogP contribution is -2.21. The molecule has 0 bridgehead atoms. The van der Waals surface area contributed by atoms with Crippen LogP contribution in [0.1, 0.15) is 5.56 Å². The summed E-state index contributed by atoms with van der Waals surface area (Å²) in [4.78, 5) is 32.2. The Morgan fingerprint density at radius 3 is 2.71 bits per heavy atom. The van der Waals surface area contributed by atoms with Gasteiger partial charge in [-0.2, -0.15) is 0 Å². The molecule has 1 amide bonds. The number of benzene rings is 2. The van der Waals surface area contributed by atoms with E-state index in [4.69, 9.17) is 9.47 Å². The number of hydrogen-bond donors (Lipinski definition) is 2. The Hall–Kier alpha value is -4.13. The van der Waals surface area contributed by atoms with Crippen LogP contribution in [0, 0.1) is 0 Å². The number of nitrogens with zero attached hydrogens (tertiary/aromatic N) is 1. The van der Waals surface area contributed by atoms with Crippen molar-refractivity contribution in [2.24, 2.45) is 0 Å². The fourth-order valence-corrected chi connectivity index (χ4v) is 3.55. The first-order valence-electron chi connectivity index (χ1n) is 9.93. The van der Waals surface area contributed by atoms with Gasteiger partial charge in [0.25, 0.3) is 5.56 Å². The van der Waals surface area contributed by atoms with E-state index >= 15 is 0 Å². The summed E-state index contributed by atoms with van der Waals surface area (Å²) in [6, 6.07) is 20.2. The fraction of sp³-hybridized carbons (Fsp3) is 0.125. The maximum absolute atomic E-state index is 12.6. The lowest BCUT2D eigenvalue weighted by Gasteiger charge is -2.18. The molecule has 0 spiro atoms. The number of H-pyrrole nitrogens is 1. The van der Waals surface area contributed by atoms with Crippen molar-refractivity contribution in [3.8, 4) is 22.8 Å². The highest BCUT2D eigenvalue weighted by Crippen LogP contribution is 2.34.